The summed E-state index contributed by atoms with van der Waals surface area (Å²) in [6, 6.07) is 10.5. The summed E-state index contributed by atoms with van der Waals surface area (Å²) in [5, 5.41) is 4.41. The number of nitrogens with zero attached hydrogens (tertiary/aromatic N) is 2. The van der Waals surface area contributed by atoms with Crippen molar-refractivity contribution < 1.29 is 4.74 Å². The van der Waals surface area contributed by atoms with E-state index in [2.05, 4.69) is 28.7 Å². The molecule has 0 radical (unpaired) electrons. The SMILES string of the molecule is Cc1cc(C(CC2CCOc3ccccc32)NN)n(C)n1. The Kier molecular flexibility index (Phi) is 3.94. The van der Waals surface area contributed by atoms with Crippen LogP contribution < -0.4 is 16.0 Å². The van der Waals surface area contributed by atoms with Gasteiger partial charge in [-0.3, -0.25) is 16.0 Å². The molecule has 1 aromatic heterocycles. The minimum Gasteiger partial charge on any atom is -0.493 e. The summed E-state index contributed by atoms with van der Waals surface area (Å²) < 4.78 is 7.64. The van der Waals surface area contributed by atoms with Crippen molar-refractivity contribution in [3.8, 4) is 5.75 Å². The number of nitrogens with two attached hydrogens (primary N) is 1. The van der Waals surface area contributed by atoms with Crippen LogP contribution in [0.1, 0.15) is 41.8 Å². The van der Waals surface area contributed by atoms with Crippen LogP contribution in [0, 0.1) is 6.92 Å². The van der Waals surface area contributed by atoms with Crippen molar-refractivity contribution in [2.24, 2.45) is 12.9 Å². The maximum absolute atomic E-state index is 5.80. The number of ether oxygens (including phenoxy) is 1. The second kappa shape index (κ2) is 5.87. The van der Waals surface area contributed by atoms with Gasteiger partial charge >= 0.3 is 0 Å². The number of aryl methyl sites for hydroxylation is 2. The number of nitrogens with one attached hydrogen (secondary N) is 1. The maximum Gasteiger partial charge on any atom is 0.122 e. The second-order valence-corrected chi connectivity index (χ2v) is 5.66. The molecule has 21 heavy (non-hydrogen) atoms. The molecule has 1 aliphatic rings. The number of fused-ring (bicyclic) bond motifs is 1. The topological polar surface area (TPSA) is 65.1 Å². The fraction of sp³-hybridized carbons (Fsp3) is 0.438. The van der Waals surface area contributed by atoms with Gasteiger partial charge in [-0.05, 0) is 43.4 Å². The van der Waals surface area contributed by atoms with Gasteiger partial charge in [0.25, 0.3) is 0 Å². The molecule has 0 fully saturated rings. The Morgan fingerprint density at radius 2 is 2.29 bits per heavy atom. The zero-order valence-electron chi connectivity index (χ0n) is 12.5. The van der Waals surface area contributed by atoms with E-state index in [-0.39, 0.29) is 6.04 Å². The van der Waals surface area contributed by atoms with Gasteiger partial charge in [0.1, 0.15) is 5.75 Å². The summed E-state index contributed by atoms with van der Waals surface area (Å²) in [6.45, 7) is 2.77. The molecule has 2 atom stereocenters. The number of rotatable bonds is 4. The molecule has 0 bridgehead atoms. The minimum atomic E-state index is 0.0901. The van der Waals surface area contributed by atoms with Crippen LogP contribution in [0.3, 0.4) is 0 Å². The Bertz CT molecular complexity index is 622. The third-order valence-electron chi connectivity index (χ3n) is 4.20. The zero-order valence-corrected chi connectivity index (χ0v) is 12.5. The van der Waals surface area contributed by atoms with E-state index in [1.165, 1.54) is 5.56 Å². The van der Waals surface area contributed by atoms with E-state index in [0.29, 0.717) is 5.92 Å². The van der Waals surface area contributed by atoms with Crippen molar-refractivity contribution in [3.63, 3.8) is 0 Å². The smallest absolute Gasteiger partial charge is 0.122 e. The summed E-state index contributed by atoms with van der Waals surface area (Å²) in [5.41, 5.74) is 6.37. The predicted molar refractivity (Wildman–Crippen MR) is 81.9 cm³/mol. The lowest BCUT2D eigenvalue weighted by Gasteiger charge is -2.29. The van der Waals surface area contributed by atoms with Crippen LogP contribution in [0.15, 0.2) is 30.3 Å². The molecule has 1 aromatic carbocycles. The van der Waals surface area contributed by atoms with Crippen molar-refractivity contribution in [1.82, 2.24) is 15.2 Å². The van der Waals surface area contributed by atoms with Crippen LogP contribution in [0.25, 0.3) is 0 Å². The van der Waals surface area contributed by atoms with Crippen LogP contribution in [0.4, 0.5) is 0 Å². The monoisotopic (exact) mass is 286 g/mol. The van der Waals surface area contributed by atoms with E-state index < -0.39 is 0 Å². The lowest BCUT2D eigenvalue weighted by molar-refractivity contribution is 0.254. The standard InChI is InChI=1S/C16H22N4O/c1-11-9-15(20(2)19-11)14(18-17)10-12-7-8-21-16-6-4-3-5-13(12)16/h3-6,9,12,14,18H,7-8,10,17H2,1-2H3. The van der Waals surface area contributed by atoms with E-state index >= 15 is 0 Å². The van der Waals surface area contributed by atoms with E-state index in [4.69, 9.17) is 10.6 Å². The maximum atomic E-state index is 5.80. The van der Waals surface area contributed by atoms with E-state index in [0.717, 1.165) is 36.6 Å². The number of hydrogen-bond acceptors (Lipinski definition) is 4. The summed E-state index contributed by atoms with van der Waals surface area (Å²) in [6.07, 6.45) is 1.96. The van der Waals surface area contributed by atoms with Crippen LogP contribution in [0.5, 0.6) is 5.75 Å². The van der Waals surface area contributed by atoms with E-state index in [1.54, 1.807) is 0 Å². The van der Waals surface area contributed by atoms with Gasteiger partial charge < -0.3 is 4.74 Å². The highest BCUT2D eigenvalue weighted by Gasteiger charge is 2.26. The molecular weight excluding hydrogens is 264 g/mol. The molecule has 0 aliphatic carbocycles. The van der Waals surface area contributed by atoms with Crippen molar-refractivity contribution in [2.75, 3.05) is 6.61 Å². The lowest BCUT2D eigenvalue weighted by Crippen LogP contribution is -2.31. The molecule has 5 heteroatoms. The molecule has 1 aliphatic heterocycles. The molecule has 0 amide bonds. The van der Waals surface area contributed by atoms with Crippen LogP contribution in [-0.2, 0) is 7.05 Å². The number of para-hydroxylation sites is 1. The lowest BCUT2D eigenvalue weighted by atomic mass is 9.87. The molecule has 2 aromatic rings. The zero-order chi connectivity index (χ0) is 14.8. The molecule has 0 spiro atoms. The molecular formula is C16H22N4O. The Balaban J connectivity index is 1.84. The van der Waals surface area contributed by atoms with Gasteiger partial charge in [0.05, 0.1) is 24.0 Å². The van der Waals surface area contributed by atoms with Gasteiger partial charge in [-0.1, -0.05) is 18.2 Å². The van der Waals surface area contributed by atoms with Crippen molar-refractivity contribution in [1.29, 1.82) is 0 Å². The normalized spacial score (nSPS) is 18.9. The van der Waals surface area contributed by atoms with Gasteiger partial charge in [-0.2, -0.15) is 5.10 Å². The quantitative estimate of drug-likeness (QED) is 0.668. The summed E-state index contributed by atoms with van der Waals surface area (Å²) >= 11 is 0. The minimum absolute atomic E-state index is 0.0901. The van der Waals surface area contributed by atoms with E-state index in [9.17, 15) is 0 Å². The van der Waals surface area contributed by atoms with Crippen molar-refractivity contribution in [2.45, 2.75) is 31.7 Å². The fourth-order valence-corrected chi connectivity index (χ4v) is 3.18. The molecule has 2 unspecified atom stereocenters. The van der Waals surface area contributed by atoms with Crippen molar-refractivity contribution >= 4 is 0 Å². The number of hydrogen-bond donors (Lipinski definition) is 2. The first-order valence-corrected chi connectivity index (χ1v) is 7.37. The molecule has 5 nitrogen and oxygen atoms in total. The molecule has 3 N–H and O–H groups in total. The van der Waals surface area contributed by atoms with Gasteiger partial charge in [0.2, 0.25) is 0 Å². The van der Waals surface area contributed by atoms with Gasteiger partial charge in [0.15, 0.2) is 0 Å². The summed E-state index contributed by atoms with van der Waals surface area (Å²) in [4.78, 5) is 0. The average molecular weight is 286 g/mol. The Morgan fingerprint density at radius 3 is 3.00 bits per heavy atom. The summed E-state index contributed by atoms with van der Waals surface area (Å²) in [5.74, 6) is 7.25. The predicted octanol–water partition coefficient (Wildman–Crippen LogP) is 2.19. The first-order chi connectivity index (χ1) is 10.2. The van der Waals surface area contributed by atoms with Crippen LogP contribution >= 0.6 is 0 Å². The van der Waals surface area contributed by atoms with Crippen LogP contribution in [0.2, 0.25) is 0 Å². The fourth-order valence-electron chi connectivity index (χ4n) is 3.18. The second-order valence-electron chi connectivity index (χ2n) is 5.66. The largest absolute Gasteiger partial charge is 0.493 e. The molecule has 0 saturated heterocycles. The first kappa shape index (κ1) is 14.1. The van der Waals surface area contributed by atoms with Gasteiger partial charge in [-0.15, -0.1) is 0 Å². The molecule has 3 rings (SSSR count). The van der Waals surface area contributed by atoms with Gasteiger partial charge in [-0.25, -0.2) is 0 Å². The highest BCUT2D eigenvalue weighted by Crippen LogP contribution is 2.38. The molecule has 2 heterocycles. The average Bonchev–Trinajstić information content (AvgIpc) is 2.83. The summed E-state index contributed by atoms with van der Waals surface area (Å²) in [7, 11) is 1.96. The molecule has 0 saturated carbocycles. The van der Waals surface area contributed by atoms with Gasteiger partial charge in [0, 0.05) is 7.05 Å². The molecule has 112 valence electrons. The van der Waals surface area contributed by atoms with E-state index in [1.807, 2.05) is 30.8 Å². The third-order valence-corrected chi connectivity index (χ3v) is 4.20. The number of aromatic nitrogens is 2. The third kappa shape index (κ3) is 2.80. The Morgan fingerprint density at radius 1 is 1.48 bits per heavy atom. The first-order valence-electron chi connectivity index (χ1n) is 7.37. The Hall–Kier alpha value is -1.85. The highest BCUT2D eigenvalue weighted by molar-refractivity contribution is 5.38. The number of benzene rings is 1. The van der Waals surface area contributed by atoms with Crippen LogP contribution in [-0.4, -0.2) is 16.4 Å². The van der Waals surface area contributed by atoms with Crippen molar-refractivity contribution in [3.05, 3.63) is 47.3 Å². The number of hydrazine groups is 1. The highest BCUT2D eigenvalue weighted by atomic mass is 16.5. The Labute approximate surface area is 125 Å².